The zero-order valence-electron chi connectivity index (χ0n) is 19.6. The monoisotopic (exact) mass is 509 g/mol. The van der Waals surface area contributed by atoms with Crippen LogP contribution in [0.1, 0.15) is 25.0 Å². The maximum absolute atomic E-state index is 13.3. The van der Waals surface area contributed by atoms with Crippen molar-refractivity contribution in [2.75, 3.05) is 19.8 Å². The lowest BCUT2D eigenvalue weighted by molar-refractivity contribution is -0.134. The van der Waals surface area contributed by atoms with Crippen LogP contribution in [-0.2, 0) is 25.8 Å². The molecule has 0 bridgehead atoms. The van der Waals surface area contributed by atoms with Crippen molar-refractivity contribution < 1.29 is 32.3 Å². The van der Waals surface area contributed by atoms with E-state index in [4.69, 9.17) is 19.1 Å². The second-order valence-corrected chi connectivity index (χ2v) is 11.2. The third kappa shape index (κ3) is 4.45. The largest absolute Gasteiger partial charge is 0.494 e. The van der Waals surface area contributed by atoms with Gasteiger partial charge >= 0.3 is 0 Å². The third-order valence-corrected chi connectivity index (χ3v) is 9.25. The molecule has 5 rings (SSSR count). The number of sulfone groups is 1. The number of benzene rings is 3. The van der Waals surface area contributed by atoms with Crippen LogP contribution in [0.3, 0.4) is 0 Å². The molecular formula is C27H27NO7S. The van der Waals surface area contributed by atoms with Crippen molar-refractivity contribution >= 4 is 37.5 Å². The van der Waals surface area contributed by atoms with E-state index in [1.54, 1.807) is 12.1 Å². The third-order valence-electron chi connectivity index (χ3n) is 6.74. The molecule has 0 spiro atoms. The number of rotatable bonds is 8. The molecule has 1 saturated heterocycles. The van der Waals surface area contributed by atoms with Crippen LogP contribution in [0.5, 0.6) is 5.75 Å². The summed E-state index contributed by atoms with van der Waals surface area (Å²) in [6, 6.07) is 20.4. The molecule has 9 heteroatoms. The van der Waals surface area contributed by atoms with Crippen LogP contribution < -0.4 is 10.2 Å². The maximum Gasteiger partial charge on any atom is 0.265 e. The summed E-state index contributed by atoms with van der Waals surface area (Å²) in [7, 11) is -4.06. The molecule has 2 N–H and O–H groups in total. The van der Waals surface area contributed by atoms with Gasteiger partial charge in [-0.3, -0.25) is 10.0 Å². The number of hydroxylamine groups is 1. The van der Waals surface area contributed by atoms with Crippen molar-refractivity contribution in [1.29, 1.82) is 0 Å². The van der Waals surface area contributed by atoms with Gasteiger partial charge in [-0.15, -0.1) is 0 Å². The fourth-order valence-electron chi connectivity index (χ4n) is 4.70. The molecule has 188 valence electrons. The summed E-state index contributed by atoms with van der Waals surface area (Å²) in [5.74, 6) is 0.469. The molecule has 1 aliphatic heterocycles. The van der Waals surface area contributed by atoms with Gasteiger partial charge in [0.15, 0.2) is 14.6 Å². The average molecular weight is 510 g/mol. The molecule has 0 atom stereocenters. The van der Waals surface area contributed by atoms with Gasteiger partial charge in [-0.25, -0.2) is 13.9 Å². The lowest BCUT2D eigenvalue weighted by Gasteiger charge is -2.34. The van der Waals surface area contributed by atoms with Crippen LogP contribution in [-0.4, -0.2) is 44.1 Å². The summed E-state index contributed by atoms with van der Waals surface area (Å²) in [5, 5.41) is 12.5. The molecule has 1 fully saturated rings. The summed E-state index contributed by atoms with van der Waals surface area (Å²) in [6.45, 7) is 0.671. The lowest BCUT2D eigenvalue weighted by atomic mass is 9.98. The van der Waals surface area contributed by atoms with Gasteiger partial charge in [0.2, 0.25) is 0 Å². The number of carbonyl (C=O) groups is 1. The number of ether oxygens (including phenoxy) is 2. The van der Waals surface area contributed by atoms with Crippen LogP contribution >= 0.6 is 0 Å². The highest BCUT2D eigenvalue weighted by atomic mass is 32.2. The Morgan fingerprint density at radius 2 is 1.67 bits per heavy atom. The first-order valence-corrected chi connectivity index (χ1v) is 13.3. The van der Waals surface area contributed by atoms with E-state index in [1.165, 1.54) is 23.0 Å². The first-order valence-electron chi connectivity index (χ1n) is 11.8. The Kier molecular flexibility index (Phi) is 6.70. The lowest BCUT2D eigenvalue weighted by Crippen LogP contribution is -2.54. The number of nitrogens with one attached hydrogen (secondary N) is 1. The highest BCUT2D eigenvalue weighted by Crippen LogP contribution is 2.36. The van der Waals surface area contributed by atoms with E-state index in [9.17, 15) is 13.2 Å². The van der Waals surface area contributed by atoms with Gasteiger partial charge in [0.1, 0.15) is 17.1 Å². The average Bonchev–Trinajstić information content (AvgIpc) is 3.31. The van der Waals surface area contributed by atoms with E-state index >= 15 is 0 Å². The molecule has 1 amide bonds. The Morgan fingerprint density at radius 1 is 0.972 bits per heavy atom. The molecule has 0 radical (unpaired) electrons. The fraction of sp³-hybridized carbons (Fsp3) is 0.296. The minimum atomic E-state index is -4.06. The van der Waals surface area contributed by atoms with Gasteiger partial charge in [-0.05, 0) is 72.5 Å². The van der Waals surface area contributed by atoms with Crippen molar-refractivity contribution in [3.63, 3.8) is 0 Å². The van der Waals surface area contributed by atoms with Gasteiger partial charge < -0.3 is 13.9 Å². The Hall–Kier alpha value is -3.40. The van der Waals surface area contributed by atoms with E-state index in [0.29, 0.717) is 18.8 Å². The molecule has 36 heavy (non-hydrogen) atoms. The summed E-state index contributed by atoms with van der Waals surface area (Å²) in [4.78, 5) is 12.4. The topological polar surface area (TPSA) is 115 Å². The van der Waals surface area contributed by atoms with Gasteiger partial charge in [0.05, 0.1) is 11.5 Å². The number of furan rings is 1. The second-order valence-electron chi connectivity index (χ2n) is 8.92. The maximum atomic E-state index is 13.3. The molecule has 4 aromatic rings. The minimum Gasteiger partial charge on any atom is -0.494 e. The number of hydrogen-bond donors (Lipinski definition) is 2. The molecule has 8 nitrogen and oxygen atoms in total. The SMILES string of the molecule is O=C(NO)C1(S(=O)(=O)c2ccc(OCCCc3cc4cc5ccccc5cc4o3)cc2)CCOCC1. The van der Waals surface area contributed by atoms with Crippen LogP contribution in [0.15, 0.2) is 76.0 Å². The zero-order valence-corrected chi connectivity index (χ0v) is 20.4. The van der Waals surface area contributed by atoms with E-state index in [-0.39, 0.29) is 31.0 Å². The van der Waals surface area contributed by atoms with Crippen LogP contribution in [0, 0.1) is 0 Å². The number of carbonyl (C=O) groups excluding carboxylic acids is 1. The van der Waals surface area contributed by atoms with E-state index < -0.39 is 20.5 Å². The smallest absolute Gasteiger partial charge is 0.265 e. The Bertz CT molecular complexity index is 1430. The molecule has 2 heterocycles. The molecule has 3 aromatic carbocycles. The zero-order chi connectivity index (χ0) is 25.2. The summed E-state index contributed by atoms with van der Waals surface area (Å²) in [5.41, 5.74) is 2.38. The Morgan fingerprint density at radius 3 is 2.36 bits per heavy atom. The Balaban J connectivity index is 1.21. The van der Waals surface area contributed by atoms with E-state index in [1.807, 2.05) is 12.1 Å². The molecule has 1 aromatic heterocycles. The van der Waals surface area contributed by atoms with Crippen molar-refractivity contribution in [1.82, 2.24) is 5.48 Å². The van der Waals surface area contributed by atoms with Crippen molar-refractivity contribution in [3.8, 4) is 5.75 Å². The van der Waals surface area contributed by atoms with E-state index in [2.05, 4.69) is 30.3 Å². The molecule has 0 unspecified atom stereocenters. The van der Waals surface area contributed by atoms with Crippen LogP contribution in [0.2, 0.25) is 0 Å². The number of aryl methyl sites for hydroxylation is 1. The van der Waals surface area contributed by atoms with E-state index in [0.717, 1.165) is 28.5 Å². The van der Waals surface area contributed by atoms with Crippen molar-refractivity contribution in [3.05, 3.63) is 72.5 Å². The van der Waals surface area contributed by atoms with Gasteiger partial charge in [0, 0.05) is 25.0 Å². The fourth-order valence-corrected chi connectivity index (χ4v) is 6.64. The minimum absolute atomic E-state index is 0.00462. The summed E-state index contributed by atoms with van der Waals surface area (Å²) >= 11 is 0. The first kappa shape index (κ1) is 24.3. The molecule has 0 saturated carbocycles. The molecule has 1 aliphatic rings. The van der Waals surface area contributed by atoms with Crippen LogP contribution in [0.25, 0.3) is 21.7 Å². The standard InChI is InChI=1S/C27H27NO7S/c29-26(28-30)27(11-14-33-15-12-27)36(31,32)24-9-7-22(8-10-24)34-13-3-6-23-17-21-16-19-4-1-2-5-20(19)18-25(21)35-23/h1-2,4-5,7-10,16-18,30H,3,6,11-15H2,(H,28,29). The van der Waals surface area contributed by atoms with Gasteiger partial charge in [-0.2, -0.15) is 0 Å². The second kappa shape index (κ2) is 9.93. The van der Waals surface area contributed by atoms with Crippen molar-refractivity contribution in [2.24, 2.45) is 0 Å². The normalized spacial score (nSPS) is 15.7. The quantitative estimate of drug-likeness (QED) is 0.205. The van der Waals surface area contributed by atoms with Crippen molar-refractivity contribution in [2.45, 2.75) is 35.3 Å². The predicted octanol–water partition coefficient (Wildman–Crippen LogP) is 4.43. The number of amides is 1. The first-order chi connectivity index (χ1) is 17.4. The van der Waals surface area contributed by atoms with Crippen LogP contribution in [0.4, 0.5) is 0 Å². The molecule has 0 aliphatic carbocycles. The van der Waals surface area contributed by atoms with Gasteiger partial charge in [0.25, 0.3) is 5.91 Å². The Labute approximate surface area is 208 Å². The number of hydrogen-bond acceptors (Lipinski definition) is 7. The predicted molar refractivity (Wildman–Crippen MR) is 134 cm³/mol. The highest BCUT2D eigenvalue weighted by Gasteiger charge is 2.52. The summed E-state index contributed by atoms with van der Waals surface area (Å²) < 4.78 is 41.9. The van der Waals surface area contributed by atoms with Gasteiger partial charge in [-0.1, -0.05) is 24.3 Å². The summed E-state index contributed by atoms with van der Waals surface area (Å²) in [6.07, 6.45) is 1.37. The highest BCUT2D eigenvalue weighted by molar-refractivity contribution is 7.93. The number of fused-ring (bicyclic) bond motifs is 2. The molecular weight excluding hydrogens is 482 g/mol.